The van der Waals surface area contributed by atoms with Crippen LogP contribution in [0.5, 0.6) is 5.75 Å². The maximum absolute atomic E-state index is 13.8. The number of nitrogens with zero attached hydrogens (tertiary/aromatic N) is 2. The number of pyridine rings is 1. The van der Waals surface area contributed by atoms with Crippen LogP contribution in [0, 0.1) is 34.3 Å². The first kappa shape index (κ1) is 16.0. The number of hydrogen-bond acceptors (Lipinski definition) is 5. The van der Waals surface area contributed by atoms with Gasteiger partial charge in [-0.1, -0.05) is 0 Å². The summed E-state index contributed by atoms with van der Waals surface area (Å²) >= 11 is 0. The van der Waals surface area contributed by atoms with Crippen molar-refractivity contribution >= 4 is 5.82 Å². The van der Waals surface area contributed by atoms with Crippen LogP contribution in [0.2, 0.25) is 0 Å². The van der Waals surface area contributed by atoms with Gasteiger partial charge in [0.25, 0.3) is 5.56 Å². The van der Waals surface area contributed by atoms with E-state index in [4.69, 9.17) is 15.7 Å². The molecule has 3 N–H and O–H groups in total. The van der Waals surface area contributed by atoms with E-state index >= 15 is 0 Å². The van der Waals surface area contributed by atoms with Gasteiger partial charge < -0.3 is 15.5 Å². The summed E-state index contributed by atoms with van der Waals surface area (Å²) in [6.45, 7) is 1.66. The van der Waals surface area contributed by atoms with E-state index in [1.807, 2.05) is 0 Å². The average molecular weight is 316 g/mol. The van der Waals surface area contributed by atoms with Crippen LogP contribution in [0.3, 0.4) is 0 Å². The molecule has 2 rings (SSSR count). The second-order valence-electron chi connectivity index (χ2n) is 4.42. The number of H-pyrrole nitrogens is 1. The third-order valence-electron chi connectivity index (χ3n) is 3.05. The van der Waals surface area contributed by atoms with Gasteiger partial charge in [-0.15, -0.1) is 0 Å². The molecule has 0 saturated carbocycles. The number of nitrogens with two attached hydrogens (primary N) is 1. The molecule has 0 radical (unpaired) electrons. The number of nitrogen functional groups attached to an aromatic ring is 1. The van der Waals surface area contributed by atoms with Crippen molar-refractivity contribution in [3.05, 3.63) is 45.2 Å². The molecular weight excluding hydrogens is 306 g/mol. The quantitative estimate of drug-likeness (QED) is 0.899. The largest absolute Gasteiger partial charge is 0.491 e. The Bertz CT molecular complexity index is 923. The number of benzene rings is 1. The molecule has 0 fully saturated rings. The van der Waals surface area contributed by atoms with Crippen LogP contribution in [-0.4, -0.2) is 11.6 Å². The highest BCUT2D eigenvalue weighted by molar-refractivity contribution is 5.80. The number of rotatable bonds is 3. The molecule has 0 spiro atoms. The normalized spacial score (nSPS) is 9.96. The molecule has 2 aromatic rings. The Kier molecular flexibility index (Phi) is 4.28. The third kappa shape index (κ3) is 2.70. The van der Waals surface area contributed by atoms with Gasteiger partial charge in [0.15, 0.2) is 11.6 Å². The SMILES string of the molecule is CCOc1cc(-c2c(C#N)c(N)[nH]c(=O)c2C#N)cc(F)c1F. The van der Waals surface area contributed by atoms with Crippen molar-refractivity contribution in [1.29, 1.82) is 10.5 Å². The van der Waals surface area contributed by atoms with Crippen LogP contribution in [0.4, 0.5) is 14.6 Å². The summed E-state index contributed by atoms with van der Waals surface area (Å²) in [5.74, 6) is -3.11. The number of hydrogen-bond donors (Lipinski definition) is 2. The summed E-state index contributed by atoms with van der Waals surface area (Å²) < 4.78 is 32.5. The molecule has 116 valence electrons. The van der Waals surface area contributed by atoms with Crippen molar-refractivity contribution < 1.29 is 13.5 Å². The monoisotopic (exact) mass is 316 g/mol. The third-order valence-corrected chi connectivity index (χ3v) is 3.05. The van der Waals surface area contributed by atoms with E-state index in [0.29, 0.717) is 0 Å². The molecule has 1 heterocycles. The van der Waals surface area contributed by atoms with Crippen molar-refractivity contribution in [1.82, 2.24) is 4.98 Å². The molecule has 1 aromatic heterocycles. The van der Waals surface area contributed by atoms with Gasteiger partial charge in [-0.2, -0.15) is 14.9 Å². The summed E-state index contributed by atoms with van der Waals surface area (Å²) in [6.07, 6.45) is 0. The second-order valence-corrected chi connectivity index (χ2v) is 4.42. The second kappa shape index (κ2) is 6.16. The van der Waals surface area contributed by atoms with Crippen LogP contribution >= 0.6 is 0 Å². The lowest BCUT2D eigenvalue weighted by Crippen LogP contribution is -2.16. The summed E-state index contributed by atoms with van der Waals surface area (Å²) in [4.78, 5) is 14.0. The highest BCUT2D eigenvalue weighted by Crippen LogP contribution is 2.33. The maximum atomic E-state index is 13.8. The number of aromatic nitrogens is 1. The van der Waals surface area contributed by atoms with E-state index in [1.165, 1.54) is 0 Å². The zero-order chi connectivity index (χ0) is 17.1. The maximum Gasteiger partial charge on any atom is 0.268 e. The minimum atomic E-state index is -1.24. The molecule has 6 nitrogen and oxygen atoms in total. The van der Waals surface area contributed by atoms with Crippen molar-refractivity contribution in [3.8, 4) is 29.0 Å². The van der Waals surface area contributed by atoms with Crippen LogP contribution in [0.25, 0.3) is 11.1 Å². The molecule has 0 aliphatic rings. The Hall–Kier alpha value is -3.39. The molecule has 1 aromatic carbocycles. The van der Waals surface area contributed by atoms with Gasteiger partial charge in [0.1, 0.15) is 29.1 Å². The molecule has 0 amide bonds. The van der Waals surface area contributed by atoms with E-state index < -0.39 is 28.5 Å². The molecule has 0 saturated heterocycles. The van der Waals surface area contributed by atoms with Gasteiger partial charge in [0, 0.05) is 5.56 Å². The number of aromatic amines is 1. The van der Waals surface area contributed by atoms with Crippen molar-refractivity contribution in [2.24, 2.45) is 0 Å². The molecule has 0 bridgehead atoms. The summed E-state index contributed by atoms with van der Waals surface area (Å²) in [7, 11) is 0. The summed E-state index contributed by atoms with van der Waals surface area (Å²) in [5, 5.41) is 18.4. The predicted octanol–water partition coefficient (Wildman–Crippen LogP) is 2.04. The number of ether oxygens (including phenoxy) is 1. The highest BCUT2D eigenvalue weighted by atomic mass is 19.2. The lowest BCUT2D eigenvalue weighted by Gasteiger charge is -2.12. The van der Waals surface area contributed by atoms with E-state index in [2.05, 4.69) is 4.98 Å². The minimum Gasteiger partial charge on any atom is -0.491 e. The Morgan fingerprint density at radius 2 is 1.91 bits per heavy atom. The van der Waals surface area contributed by atoms with E-state index in [9.17, 15) is 18.8 Å². The van der Waals surface area contributed by atoms with Gasteiger partial charge in [0.2, 0.25) is 5.82 Å². The Balaban J connectivity index is 2.90. The smallest absolute Gasteiger partial charge is 0.268 e. The average Bonchev–Trinajstić information content (AvgIpc) is 2.51. The summed E-state index contributed by atoms with van der Waals surface area (Å²) in [5.41, 5.74) is 3.87. The van der Waals surface area contributed by atoms with E-state index in [1.54, 1.807) is 19.1 Å². The van der Waals surface area contributed by atoms with Crippen molar-refractivity contribution in [2.75, 3.05) is 12.3 Å². The molecule has 0 atom stereocenters. The number of nitrogens with one attached hydrogen (secondary N) is 1. The van der Waals surface area contributed by atoms with Crippen molar-refractivity contribution in [2.45, 2.75) is 6.92 Å². The first-order valence-electron chi connectivity index (χ1n) is 6.42. The Morgan fingerprint density at radius 1 is 1.26 bits per heavy atom. The summed E-state index contributed by atoms with van der Waals surface area (Å²) in [6, 6.07) is 5.27. The number of nitriles is 2. The van der Waals surface area contributed by atoms with Gasteiger partial charge in [-0.3, -0.25) is 4.79 Å². The Labute approximate surface area is 129 Å². The molecule has 0 unspecified atom stereocenters. The molecule has 0 aliphatic heterocycles. The number of anilines is 1. The lowest BCUT2D eigenvalue weighted by molar-refractivity contribution is 0.314. The molecule has 8 heteroatoms. The molecule has 23 heavy (non-hydrogen) atoms. The van der Waals surface area contributed by atoms with Gasteiger partial charge in [0.05, 0.1) is 6.61 Å². The molecular formula is C15H10F2N4O2. The Morgan fingerprint density at radius 3 is 2.48 bits per heavy atom. The number of halogens is 2. The minimum absolute atomic E-state index is 0.0572. The first-order valence-corrected chi connectivity index (χ1v) is 6.42. The zero-order valence-corrected chi connectivity index (χ0v) is 11.9. The van der Waals surface area contributed by atoms with Gasteiger partial charge >= 0.3 is 0 Å². The van der Waals surface area contributed by atoms with Gasteiger partial charge in [-0.25, -0.2) is 4.39 Å². The van der Waals surface area contributed by atoms with E-state index in [-0.39, 0.29) is 29.1 Å². The van der Waals surface area contributed by atoms with E-state index in [0.717, 1.165) is 12.1 Å². The van der Waals surface area contributed by atoms with Crippen LogP contribution < -0.4 is 16.0 Å². The van der Waals surface area contributed by atoms with Crippen LogP contribution in [0.15, 0.2) is 16.9 Å². The van der Waals surface area contributed by atoms with Crippen LogP contribution in [0.1, 0.15) is 18.1 Å². The topological polar surface area (TPSA) is 116 Å². The predicted molar refractivity (Wildman–Crippen MR) is 77.4 cm³/mol. The van der Waals surface area contributed by atoms with Crippen LogP contribution in [-0.2, 0) is 0 Å². The fraction of sp³-hybridized carbons (Fsp3) is 0.133. The lowest BCUT2D eigenvalue weighted by atomic mass is 9.96. The zero-order valence-electron chi connectivity index (χ0n) is 11.9. The standard InChI is InChI=1S/C15H10F2N4O2/c1-2-23-11-4-7(3-10(16)13(11)17)12-8(5-18)14(20)21-15(22)9(12)6-19/h3-4H,2H2,1H3,(H3,20,21,22). The highest BCUT2D eigenvalue weighted by Gasteiger charge is 2.21. The molecule has 0 aliphatic carbocycles. The fourth-order valence-electron chi connectivity index (χ4n) is 2.10. The van der Waals surface area contributed by atoms with Crippen molar-refractivity contribution in [3.63, 3.8) is 0 Å². The first-order chi connectivity index (χ1) is 10.9. The van der Waals surface area contributed by atoms with Gasteiger partial charge in [-0.05, 0) is 24.6 Å². The fourth-order valence-corrected chi connectivity index (χ4v) is 2.10.